The van der Waals surface area contributed by atoms with Crippen LogP contribution in [0.3, 0.4) is 0 Å². The first-order valence-electron chi connectivity index (χ1n) is 7.88. The summed E-state index contributed by atoms with van der Waals surface area (Å²) in [6, 6.07) is 0. The molecule has 1 atom stereocenters. The van der Waals surface area contributed by atoms with E-state index in [0.29, 0.717) is 38.3 Å². The summed E-state index contributed by atoms with van der Waals surface area (Å²) >= 11 is 0. The average Bonchev–Trinajstić information content (AvgIpc) is 3.00. The molecule has 122 valence electrons. The first kappa shape index (κ1) is 16.5. The molecule has 1 heterocycles. The van der Waals surface area contributed by atoms with Crippen molar-refractivity contribution in [1.82, 2.24) is 9.80 Å². The van der Waals surface area contributed by atoms with Crippen molar-refractivity contribution in [2.45, 2.75) is 32.1 Å². The molecule has 1 fully saturated rings. The van der Waals surface area contributed by atoms with Gasteiger partial charge >= 0.3 is 5.97 Å². The first-order chi connectivity index (χ1) is 10.5. The predicted molar refractivity (Wildman–Crippen MR) is 81.1 cm³/mol. The van der Waals surface area contributed by atoms with Crippen LogP contribution in [0.15, 0.2) is 12.2 Å². The molecule has 6 heteroatoms. The number of likely N-dealkylation sites (tertiary alicyclic amines) is 1. The zero-order chi connectivity index (χ0) is 16.1. The molecule has 0 aromatic carbocycles. The highest BCUT2D eigenvalue weighted by Gasteiger charge is 2.28. The lowest BCUT2D eigenvalue weighted by atomic mass is 9.97. The van der Waals surface area contributed by atoms with Gasteiger partial charge in [0, 0.05) is 26.6 Å². The molecule has 1 N–H and O–H groups in total. The number of rotatable bonds is 5. The van der Waals surface area contributed by atoms with Gasteiger partial charge in [-0.3, -0.25) is 14.4 Å². The second-order valence-corrected chi connectivity index (χ2v) is 6.21. The SMILES string of the molecule is CN(CC(=O)N1CCC(C(=O)O)CC1)C(=O)CC1C=CCC1. The fraction of sp³-hybridized carbons (Fsp3) is 0.688. The van der Waals surface area contributed by atoms with Crippen LogP contribution in [0.5, 0.6) is 0 Å². The summed E-state index contributed by atoms with van der Waals surface area (Å²) in [5.41, 5.74) is 0. The van der Waals surface area contributed by atoms with E-state index in [1.165, 1.54) is 4.90 Å². The van der Waals surface area contributed by atoms with Crippen LogP contribution in [0.2, 0.25) is 0 Å². The van der Waals surface area contributed by atoms with E-state index in [0.717, 1.165) is 12.8 Å². The molecule has 1 saturated heterocycles. The lowest BCUT2D eigenvalue weighted by Crippen LogP contribution is -2.45. The van der Waals surface area contributed by atoms with Crippen LogP contribution in [0, 0.1) is 11.8 Å². The molecule has 0 radical (unpaired) electrons. The molecule has 0 aromatic rings. The van der Waals surface area contributed by atoms with Gasteiger partial charge in [0.1, 0.15) is 0 Å². The molecule has 2 amide bonds. The van der Waals surface area contributed by atoms with Crippen LogP contribution in [-0.2, 0) is 14.4 Å². The Labute approximate surface area is 130 Å². The van der Waals surface area contributed by atoms with Crippen LogP contribution in [0.4, 0.5) is 0 Å². The molecule has 0 aromatic heterocycles. The number of likely N-dealkylation sites (N-methyl/N-ethyl adjacent to an activating group) is 1. The topological polar surface area (TPSA) is 77.9 Å². The molecule has 2 rings (SSSR count). The van der Waals surface area contributed by atoms with E-state index < -0.39 is 5.97 Å². The van der Waals surface area contributed by atoms with E-state index in [9.17, 15) is 14.4 Å². The van der Waals surface area contributed by atoms with Crippen molar-refractivity contribution in [1.29, 1.82) is 0 Å². The molecule has 0 bridgehead atoms. The number of carbonyl (C=O) groups is 3. The number of nitrogens with zero attached hydrogens (tertiary/aromatic N) is 2. The summed E-state index contributed by atoms with van der Waals surface area (Å²) in [6.45, 7) is 0.999. The summed E-state index contributed by atoms with van der Waals surface area (Å²) in [5.74, 6) is -0.940. The van der Waals surface area contributed by atoms with Gasteiger partial charge in [-0.2, -0.15) is 0 Å². The lowest BCUT2D eigenvalue weighted by Gasteiger charge is -2.31. The molecule has 0 spiro atoms. The molecule has 1 aliphatic carbocycles. The highest BCUT2D eigenvalue weighted by molar-refractivity contribution is 5.85. The number of aliphatic carboxylic acids is 1. The minimum Gasteiger partial charge on any atom is -0.481 e. The van der Waals surface area contributed by atoms with Crippen LogP contribution < -0.4 is 0 Å². The van der Waals surface area contributed by atoms with Gasteiger partial charge < -0.3 is 14.9 Å². The van der Waals surface area contributed by atoms with Gasteiger partial charge in [0.15, 0.2) is 0 Å². The van der Waals surface area contributed by atoms with Crippen molar-refractivity contribution < 1.29 is 19.5 Å². The van der Waals surface area contributed by atoms with Crippen LogP contribution >= 0.6 is 0 Å². The van der Waals surface area contributed by atoms with Gasteiger partial charge in [-0.15, -0.1) is 0 Å². The molecule has 1 unspecified atom stereocenters. The quantitative estimate of drug-likeness (QED) is 0.772. The predicted octanol–water partition coefficient (Wildman–Crippen LogP) is 1.12. The number of carboxylic acids is 1. The van der Waals surface area contributed by atoms with E-state index in [4.69, 9.17) is 5.11 Å². The zero-order valence-corrected chi connectivity index (χ0v) is 13.0. The van der Waals surface area contributed by atoms with Crippen LogP contribution in [0.25, 0.3) is 0 Å². The van der Waals surface area contributed by atoms with Gasteiger partial charge in [-0.25, -0.2) is 0 Å². The third-order valence-electron chi connectivity index (χ3n) is 4.54. The minimum absolute atomic E-state index is 0.00896. The normalized spacial score (nSPS) is 21.9. The third-order valence-corrected chi connectivity index (χ3v) is 4.54. The molecule has 6 nitrogen and oxygen atoms in total. The van der Waals surface area contributed by atoms with E-state index in [1.807, 2.05) is 0 Å². The standard InChI is InChI=1S/C16H24N2O4/c1-17(14(19)10-12-4-2-3-5-12)11-15(20)18-8-6-13(7-9-18)16(21)22/h2,4,12-13H,3,5-11H2,1H3,(H,21,22). The number of amides is 2. The summed E-state index contributed by atoms with van der Waals surface area (Å²) in [6.07, 6.45) is 7.65. The smallest absolute Gasteiger partial charge is 0.306 e. The number of piperidine rings is 1. The highest BCUT2D eigenvalue weighted by Crippen LogP contribution is 2.21. The summed E-state index contributed by atoms with van der Waals surface area (Å²) in [4.78, 5) is 38.3. The number of carbonyl (C=O) groups excluding carboxylic acids is 2. The number of hydrogen-bond acceptors (Lipinski definition) is 3. The molecular weight excluding hydrogens is 284 g/mol. The van der Waals surface area contributed by atoms with Gasteiger partial charge in [-0.1, -0.05) is 12.2 Å². The fourth-order valence-electron chi connectivity index (χ4n) is 3.01. The van der Waals surface area contributed by atoms with Gasteiger partial charge in [-0.05, 0) is 31.6 Å². The Hall–Kier alpha value is -1.85. The summed E-state index contributed by atoms with van der Waals surface area (Å²) < 4.78 is 0. The molecule has 0 saturated carbocycles. The molecule has 2 aliphatic rings. The molecule has 22 heavy (non-hydrogen) atoms. The monoisotopic (exact) mass is 308 g/mol. The highest BCUT2D eigenvalue weighted by atomic mass is 16.4. The van der Waals surface area contributed by atoms with Gasteiger partial charge in [0.2, 0.25) is 11.8 Å². The second kappa shape index (κ2) is 7.42. The minimum atomic E-state index is -0.788. The zero-order valence-electron chi connectivity index (χ0n) is 13.0. The fourth-order valence-corrected chi connectivity index (χ4v) is 3.01. The number of carboxylic acid groups (broad SMARTS) is 1. The Balaban J connectivity index is 1.75. The average molecular weight is 308 g/mol. The van der Waals surface area contributed by atoms with Crippen molar-refractivity contribution in [3.8, 4) is 0 Å². The Kier molecular flexibility index (Phi) is 5.57. The summed E-state index contributed by atoms with van der Waals surface area (Å²) in [7, 11) is 1.66. The largest absolute Gasteiger partial charge is 0.481 e. The number of hydrogen-bond donors (Lipinski definition) is 1. The van der Waals surface area contributed by atoms with Crippen molar-refractivity contribution in [2.75, 3.05) is 26.7 Å². The van der Waals surface area contributed by atoms with Crippen LogP contribution in [0.1, 0.15) is 32.1 Å². The van der Waals surface area contributed by atoms with Gasteiger partial charge in [0.25, 0.3) is 0 Å². The van der Waals surface area contributed by atoms with Crippen molar-refractivity contribution in [3.63, 3.8) is 0 Å². The Morgan fingerprint density at radius 2 is 1.91 bits per heavy atom. The maximum absolute atomic E-state index is 12.2. The Bertz CT molecular complexity index is 467. The summed E-state index contributed by atoms with van der Waals surface area (Å²) in [5, 5.41) is 8.96. The maximum Gasteiger partial charge on any atom is 0.306 e. The van der Waals surface area contributed by atoms with Crippen LogP contribution in [-0.4, -0.2) is 59.4 Å². The van der Waals surface area contributed by atoms with Crippen molar-refractivity contribution >= 4 is 17.8 Å². The third kappa shape index (κ3) is 4.32. The Morgan fingerprint density at radius 3 is 2.45 bits per heavy atom. The molecular formula is C16H24N2O4. The van der Waals surface area contributed by atoms with E-state index in [-0.39, 0.29) is 24.3 Å². The maximum atomic E-state index is 12.2. The van der Waals surface area contributed by atoms with E-state index >= 15 is 0 Å². The van der Waals surface area contributed by atoms with E-state index in [2.05, 4.69) is 12.2 Å². The van der Waals surface area contributed by atoms with Gasteiger partial charge in [0.05, 0.1) is 12.5 Å². The lowest BCUT2D eigenvalue weighted by molar-refractivity contribution is -0.146. The Morgan fingerprint density at radius 1 is 1.23 bits per heavy atom. The van der Waals surface area contributed by atoms with Crippen molar-refractivity contribution in [2.24, 2.45) is 11.8 Å². The number of allylic oxidation sites excluding steroid dienone is 2. The van der Waals surface area contributed by atoms with E-state index in [1.54, 1.807) is 11.9 Å². The van der Waals surface area contributed by atoms with Crippen molar-refractivity contribution in [3.05, 3.63) is 12.2 Å². The molecule has 1 aliphatic heterocycles. The first-order valence-corrected chi connectivity index (χ1v) is 7.88. The second-order valence-electron chi connectivity index (χ2n) is 6.21.